The van der Waals surface area contributed by atoms with Gasteiger partial charge < -0.3 is 10.6 Å². The summed E-state index contributed by atoms with van der Waals surface area (Å²) in [5.41, 5.74) is 6.76. The number of likely N-dealkylation sites (N-methyl/N-ethyl adjacent to an activating group) is 1. The van der Waals surface area contributed by atoms with E-state index >= 15 is 0 Å². The van der Waals surface area contributed by atoms with Crippen LogP contribution in [0.3, 0.4) is 0 Å². The van der Waals surface area contributed by atoms with Crippen LogP contribution in [0.5, 0.6) is 0 Å². The van der Waals surface area contributed by atoms with Crippen molar-refractivity contribution in [3.63, 3.8) is 0 Å². The molecule has 2 N–H and O–H groups in total. The van der Waals surface area contributed by atoms with Crippen molar-refractivity contribution in [3.8, 4) is 0 Å². The van der Waals surface area contributed by atoms with Gasteiger partial charge >= 0.3 is 0 Å². The van der Waals surface area contributed by atoms with Gasteiger partial charge in [0.1, 0.15) is 5.82 Å². The predicted molar refractivity (Wildman–Crippen MR) is 59.1 cm³/mol. The first kappa shape index (κ1) is 11.1. The second-order valence-electron chi connectivity index (χ2n) is 4.21. The van der Waals surface area contributed by atoms with Gasteiger partial charge in [0.25, 0.3) is 0 Å². The van der Waals surface area contributed by atoms with Crippen molar-refractivity contribution in [1.29, 1.82) is 0 Å². The Morgan fingerprint density at radius 2 is 2.25 bits per heavy atom. The highest BCUT2D eigenvalue weighted by Gasteiger charge is 2.32. The molecule has 0 saturated carbocycles. The summed E-state index contributed by atoms with van der Waals surface area (Å²) in [7, 11) is 1.72. The molecule has 2 unspecified atom stereocenters. The fourth-order valence-electron chi connectivity index (χ4n) is 2.23. The number of halogens is 1. The molecule has 4 heteroatoms. The molecule has 1 amide bonds. The van der Waals surface area contributed by atoms with Crippen LogP contribution in [-0.4, -0.2) is 23.9 Å². The van der Waals surface area contributed by atoms with Gasteiger partial charge in [0.15, 0.2) is 0 Å². The highest BCUT2D eigenvalue weighted by molar-refractivity contribution is 5.77. The highest BCUT2D eigenvalue weighted by Crippen LogP contribution is 2.29. The van der Waals surface area contributed by atoms with Crippen molar-refractivity contribution >= 4 is 5.91 Å². The third-order valence-electron chi connectivity index (χ3n) is 3.10. The summed E-state index contributed by atoms with van der Waals surface area (Å²) in [5, 5.41) is 0. The van der Waals surface area contributed by atoms with E-state index in [-0.39, 0.29) is 23.8 Å². The summed E-state index contributed by atoms with van der Waals surface area (Å²) in [6, 6.07) is 5.95. The normalized spacial score (nSPS) is 25.9. The number of piperidine rings is 1. The molecule has 0 spiro atoms. The largest absolute Gasteiger partial charge is 0.337 e. The summed E-state index contributed by atoms with van der Waals surface area (Å²) < 4.78 is 13.1. The number of rotatable bonds is 1. The molecule has 1 aromatic rings. The maximum atomic E-state index is 13.1. The molecule has 0 aromatic heterocycles. The van der Waals surface area contributed by atoms with Crippen molar-refractivity contribution in [2.45, 2.75) is 24.9 Å². The number of hydrogen-bond donors (Lipinski definition) is 1. The van der Waals surface area contributed by atoms with E-state index in [1.165, 1.54) is 12.1 Å². The lowest BCUT2D eigenvalue weighted by Gasteiger charge is -2.37. The summed E-state index contributed by atoms with van der Waals surface area (Å²) in [6.45, 7) is 0. The SMILES string of the molecule is CN1C(=O)CCC(N)C1c1cccc(F)c1. The van der Waals surface area contributed by atoms with E-state index in [4.69, 9.17) is 5.73 Å². The highest BCUT2D eigenvalue weighted by atomic mass is 19.1. The zero-order valence-corrected chi connectivity index (χ0v) is 9.19. The molecule has 1 saturated heterocycles. The van der Waals surface area contributed by atoms with Crippen LogP contribution in [-0.2, 0) is 4.79 Å². The second kappa shape index (κ2) is 4.22. The molecule has 2 rings (SSSR count). The molecule has 1 aliphatic rings. The van der Waals surface area contributed by atoms with Crippen LogP contribution in [0.1, 0.15) is 24.4 Å². The number of nitrogens with two attached hydrogens (primary N) is 1. The van der Waals surface area contributed by atoms with Gasteiger partial charge in [-0.1, -0.05) is 12.1 Å². The molecule has 2 atom stereocenters. The minimum Gasteiger partial charge on any atom is -0.337 e. The Balaban J connectivity index is 2.33. The summed E-state index contributed by atoms with van der Waals surface area (Å²) in [6.07, 6.45) is 1.13. The number of likely N-dealkylation sites (tertiary alicyclic amines) is 1. The van der Waals surface area contributed by atoms with Crippen LogP contribution in [0.15, 0.2) is 24.3 Å². The average Bonchev–Trinajstić information content (AvgIpc) is 2.24. The second-order valence-corrected chi connectivity index (χ2v) is 4.21. The van der Waals surface area contributed by atoms with Gasteiger partial charge in [-0.05, 0) is 24.1 Å². The lowest BCUT2D eigenvalue weighted by molar-refractivity contribution is -0.135. The van der Waals surface area contributed by atoms with Gasteiger partial charge in [-0.15, -0.1) is 0 Å². The summed E-state index contributed by atoms with van der Waals surface area (Å²) in [4.78, 5) is 13.2. The molecule has 86 valence electrons. The first-order valence-electron chi connectivity index (χ1n) is 5.36. The smallest absolute Gasteiger partial charge is 0.222 e. The molecular formula is C12H15FN2O. The molecular weight excluding hydrogens is 207 g/mol. The van der Waals surface area contributed by atoms with Crippen LogP contribution < -0.4 is 5.73 Å². The van der Waals surface area contributed by atoms with Crippen LogP contribution in [0.25, 0.3) is 0 Å². The van der Waals surface area contributed by atoms with Gasteiger partial charge in [-0.3, -0.25) is 4.79 Å². The van der Waals surface area contributed by atoms with Gasteiger partial charge in [-0.25, -0.2) is 4.39 Å². The molecule has 1 aliphatic heterocycles. The fraction of sp³-hybridized carbons (Fsp3) is 0.417. The zero-order valence-electron chi connectivity index (χ0n) is 9.19. The summed E-state index contributed by atoms with van der Waals surface area (Å²) in [5.74, 6) is -0.230. The molecule has 1 heterocycles. The van der Waals surface area contributed by atoms with E-state index in [1.807, 2.05) is 6.07 Å². The molecule has 0 bridgehead atoms. The molecule has 1 aromatic carbocycles. The topological polar surface area (TPSA) is 46.3 Å². The van der Waals surface area contributed by atoms with E-state index in [0.717, 1.165) is 5.56 Å². The third-order valence-corrected chi connectivity index (χ3v) is 3.10. The van der Waals surface area contributed by atoms with Crippen LogP contribution in [0, 0.1) is 5.82 Å². The lowest BCUT2D eigenvalue weighted by Crippen LogP contribution is -2.46. The Kier molecular flexibility index (Phi) is 2.92. The Morgan fingerprint density at radius 3 is 2.94 bits per heavy atom. The Bertz CT molecular complexity index is 408. The van der Waals surface area contributed by atoms with E-state index in [2.05, 4.69) is 0 Å². The predicted octanol–water partition coefficient (Wildman–Crippen LogP) is 1.45. The van der Waals surface area contributed by atoms with Gasteiger partial charge in [0.05, 0.1) is 6.04 Å². The van der Waals surface area contributed by atoms with Crippen molar-refractivity contribution in [2.75, 3.05) is 7.05 Å². The minimum absolute atomic E-state index is 0.0657. The van der Waals surface area contributed by atoms with E-state index in [9.17, 15) is 9.18 Å². The zero-order chi connectivity index (χ0) is 11.7. The maximum Gasteiger partial charge on any atom is 0.222 e. The molecule has 3 nitrogen and oxygen atoms in total. The molecule has 1 fully saturated rings. The number of benzene rings is 1. The van der Waals surface area contributed by atoms with Crippen molar-refractivity contribution in [1.82, 2.24) is 4.90 Å². The van der Waals surface area contributed by atoms with E-state index < -0.39 is 0 Å². The number of hydrogen-bond acceptors (Lipinski definition) is 2. The van der Waals surface area contributed by atoms with Crippen LogP contribution in [0.4, 0.5) is 4.39 Å². The van der Waals surface area contributed by atoms with Gasteiger partial charge in [0, 0.05) is 19.5 Å². The van der Waals surface area contributed by atoms with Gasteiger partial charge in [-0.2, -0.15) is 0 Å². The fourth-order valence-corrected chi connectivity index (χ4v) is 2.23. The Hall–Kier alpha value is -1.42. The summed E-state index contributed by atoms with van der Waals surface area (Å²) >= 11 is 0. The quantitative estimate of drug-likeness (QED) is 0.781. The average molecular weight is 222 g/mol. The number of carbonyl (C=O) groups excluding carboxylic acids is 1. The van der Waals surface area contributed by atoms with Crippen LogP contribution in [0.2, 0.25) is 0 Å². The number of carbonyl (C=O) groups is 1. The molecule has 0 aliphatic carbocycles. The molecule has 0 radical (unpaired) electrons. The van der Waals surface area contributed by atoms with E-state index in [1.54, 1.807) is 18.0 Å². The molecule has 16 heavy (non-hydrogen) atoms. The lowest BCUT2D eigenvalue weighted by atomic mass is 9.91. The standard InChI is InChI=1S/C12H15FN2O/c1-15-11(16)6-5-10(14)12(15)8-3-2-4-9(13)7-8/h2-4,7,10,12H,5-6,14H2,1H3. The number of amides is 1. The Morgan fingerprint density at radius 1 is 1.50 bits per heavy atom. The van der Waals surface area contributed by atoms with Crippen molar-refractivity contribution in [2.24, 2.45) is 5.73 Å². The third kappa shape index (κ3) is 1.93. The first-order chi connectivity index (χ1) is 7.59. The Labute approximate surface area is 94.0 Å². The maximum absolute atomic E-state index is 13.1. The van der Waals surface area contributed by atoms with Crippen LogP contribution >= 0.6 is 0 Å². The van der Waals surface area contributed by atoms with Gasteiger partial charge in [0.2, 0.25) is 5.91 Å². The van der Waals surface area contributed by atoms with Crippen molar-refractivity contribution < 1.29 is 9.18 Å². The monoisotopic (exact) mass is 222 g/mol. The number of nitrogens with zero attached hydrogens (tertiary/aromatic N) is 1. The van der Waals surface area contributed by atoms with E-state index in [0.29, 0.717) is 12.8 Å². The van der Waals surface area contributed by atoms with Crippen molar-refractivity contribution in [3.05, 3.63) is 35.6 Å². The first-order valence-corrected chi connectivity index (χ1v) is 5.36. The minimum atomic E-state index is -0.295.